The van der Waals surface area contributed by atoms with Gasteiger partial charge in [-0.05, 0) is 38.2 Å². The average Bonchev–Trinajstić information content (AvgIpc) is 2.58. The van der Waals surface area contributed by atoms with Crippen LogP contribution in [0.25, 0.3) is 0 Å². The van der Waals surface area contributed by atoms with E-state index in [2.05, 4.69) is 48.8 Å². The summed E-state index contributed by atoms with van der Waals surface area (Å²) >= 11 is 0. The first-order chi connectivity index (χ1) is 7.75. The van der Waals surface area contributed by atoms with Crippen LogP contribution in [0.15, 0.2) is 71.4 Å². The molecule has 0 aromatic rings. The zero-order chi connectivity index (χ0) is 11.4. The number of hydrogen-bond donors (Lipinski definition) is 2. The lowest BCUT2D eigenvalue weighted by molar-refractivity contribution is 0.897. The van der Waals surface area contributed by atoms with Crippen LogP contribution in [0.3, 0.4) is 0 Å². The lowest BCUT2D eigenvalue weighted by Crippen LogP contribution is -2.20. The summed E-state index contributed by atoms with van der Waals surface area (Å²) in [5, 5.41) is 6.73. The van der Waals surface area contributed by atoms with E-state index >= 15 is 0 Å². The molecular weight excluding hydrogens is 196 g/mol. The van der Waals surface area contributed by atoms with E-state index in [9.17, 15) is 0 Å². The van der Waals surface area contributed by atoms with Crippen molar-refractivity contribution in [1.82, 2.24) is 10.6 Å². The maximum absolute atomic E-state index is 3.36. The first-order valence-electron chi connectivity index (χ1n) is 5.40. The molecule has 0 fully saturated rings. The fourth-order valence-electron chi connectivity index (χ4n) is 1.61. The van der Waals surface area contributed by atoms with Gasteiger partial charge in [0, 0.05) is 11.4 Å². The van der Waals surface area contributed by atoms with Gasteiger partial charge in [0.05, 0.1) is 11.4 Å². The summed E-state index contributed by atoms with van der Waals surface area (Å²) in [4.78, 5) is 0. The topological polar surface area (TPSA) is 24.1 Å². The first kappa shape index (κ1) is 10.6. The smallest absolute Gasteiger partial charge is 0.0620 e. The Hall–Kier alpha value is -1.96. The fraction of sp³-hybridized carbons (Fsp3) is 0.143. The maximum Gasteiger partial charge on any atom is 0.0620 e. The third kappa shape index (κ3) is 2.54. The van der Waals surface area contributed by atoms with Crippen LogP contribution in [-0.4, -0.2) is 0 Å². The average molecular weight is 212 g/mol. The summed E-state index contributed by atoms with van der Waals surface area (Å²) in [5.74, 6) is 0. The van der Waals surface area contributed by atoms with E-state index < -0.39 is 0 Å². The van der Waals surface area contributed by atoms with Crippen molar-refractivity contribution in [2.24, 2.45) is 0 Å². The Bertz CT molecular complexity index is 413. The first-order valence-corrected chi connectivity index (χ1v) is 5.40. The van der Waals surface area contributed by atoms with Crippen LogP contribution in [0.5, 0.6) is 0 Å². The largest absolute Gasteiger partial charge is 0.357 e. The molecule has 0 aromatic heterocycles. The summed E-state index contributed by atoms with van der Waals surface area (Å²) in [6.45, 7) is 4.11. The summed E-state index contributed by atoms with van der Waals surface area (Å²) in [6.07, 6.45) is 16.4. The molecule has 0 unspecified atom stereocenters. The Morgan fingerprint density at radius 2 is 1.00 bits per heavy atom. The second-order valence-electron chi connectivity index (χ2n) is 3.88. The van der Waals surface area contributed by atoms with Gasteiger partial charge in [0.2, 0.25) is 0 Å². The van der Waals surface area contributed by atoms with E-state index in [1.165, 1.54) is 0 Å². The molecule has 2 rings (SSSR count). The van der Waals surface area contributed by atoms with E-state index in [-0.39, 0.29) is 0 Å². The van der Waals surface area contributed by atoms with Gasteiger partial charge >= 0.3 is 0 Å². The van der Waals surface area contributed by atoms with E-state index in [1.54, 1.807) is 0 Å². The van der Waals surface area contributed by atoms with Crippen molar-refractivity contribution in [3.8, 4) is 0 Å². The zero-order valence-corrected chi connectivity index (χ0v) is 9.62. The molecule has 2 nitrogen and oxygen atoms in total. The quantitative estimate of drug-likeness (QED) is 0.698. The van der Waals surface area contributed by atoms with Crippen LogP contribution in [0.4, 0.5) is 0 Å². The van der Waals surface area contributed by atoms with E-state index in [1.807, 2.05) is 24.3 Å². The molecule has 16 heavy (non-hydrogen) atoms. The van der Waals surface area contributed by atoms with Gasteiger partial charge in [-0.1, -0.05) is 24.3 Å². The molecule has 0 radical (unpaired) electrons. The molecule has 0 spiro atoms. The Morgan fingerprint density at radius 1 is 0.625 bits per heavy atom. The molecule has 0 saturated heterocycles. The van der Waals surface area contributed by atoms with Crippen molar-refractivity contribution in [3.63, 3.8) is 0 Å². The van der Waals surface area contributed by atoms with Gasteiger partial charge in [0.25, 0.3) is 0 Å². The molecule has 0 amide bonds. The zero-order valence-electron chi connectivity index (χ0n) is 9.62. The summed E-state index contributed by atoms with van der Waals surface area (Å²) in [6, 6.07) is 0. The molecule has 82 valence electrons. The molecular formula is C14H16N2. The van der Waals surface area contributed by atoms with Gasteiger partial charge in [-0.3, -0.25) is 0 Å². The van der Waals surface area contributed by atoms with E-state index in [0.29, 0.717) is 0 Å². The third-order valence-electron chi connectivity index (χ3n) is 2.39. The summed E-state index contributed by atoms with van der Waals surface area (Å²) < 4.78 is 0. The van der Waals surface area contributed by atoms with Gasteiger partial charge in [-0.2, -0.15) is 0 Å². The van der Waals surface area contributed by atoms with Gasteiger partial charge in [-0.15, -0.1) is 0 Å². The van der Waals surface area contributed by atoms with Gasteiger partial charge in [0.1, 0.15) is 0 Å². The minimum atomic E-state index is 1.09. The molecule has 0 bridgehead atoms. The van der Waals surface area contributed by atoms with Crippen LogP contribution in [-0.2, 0) is 0 Å². The molecule has 2 heterocycles. The lowest BCUT2D eigenvalue weighted by atomic mass is 10.2. The Kier molecular flexibility index (Phi) is 3.10. The lowest BCUT2D eigenvalue weighted by Gasteiger charge is -2.15. The Morgan fingerprint density at radius 3 is 1.44 bits per heavy atom. The van der Waals surface area contributed by atoms with Crippen LogP contribution >= 0.6 is 0 Å². The highest BCUT2D eigenvalue weighted by molar-refractivity contribution is 5.41. The predicted molar refractivity (Wildman–Crippen MR) is 68.2 cm³/mol. The van der Waals surface area contributed by atoms with E-state index in [4.69, 9.17) is 0 Å². The predicted octanol–water partition coefficient (Wildman–Crippen LogP) is 2.88. The molecule has 2 N–H and O–H groups in total. The second kappa shape index (κ2) is 4.71. The van der Waals surface area contributed by atoms with Crippen molar-refractivity contribution in [2.75, 3.05) is 0 Å². The standard InChI is InChI=1S/C14H16N2/c1-11-7-3-5-9-13(15-11)14-10-6-4-8-12(2)16-14/h3-10,15-16H,1-2H3. The highest BCUT2D eigenvalue weighted by Crippen LogP contribution is 2.13. The second-order valence-corrected chi connectivity index (χ2v) is 3.88. The van der Waals surface area contributed by atoms with Crippen molar-refractivity contribution in [3.05, 3.63) is 71.4 Å². The summed E-state index contributed by atoms with van der Waals surface area (Å²) in [7, 11) is 0. The van der Waals surface area contributed by atoms with Crippen molar-refractivity contribution < 1.29 is 0 Å². The molecule has 0 saturated carbocycles. The molecule has 0 aromatic carbocycles. The highest BCUT2D eigenvalue weighted by atomic mass is 15.0. The van der Waals surface area contributed by atoms with Crippen molar-refractivity contribution in [2.45, 2.75) is 13.8 Å². The normalized spacial score (nSPS) is 19.4. The molecule has 0 atom stereocenters. The van der Waals surface area contributed by atoms with Crippen LogP contribution in [0, 0.1) is 0 Å². The molecule has 2 aliphatic heterocycles. The summed E-state index contributed by atoms with van der Waals surface area (Å²) in [5.41, 5.74) is 4.44. The molecule has 0 aliphatic carbocycles. The SMILES string of the molecule is CC1=CC=CC=C(C2=CC=CC=C(C)N2)N1. The number of rotatable bonds is 1. The number of hydrogen-bond acceptors (Lipinski definition) is 2. The van der Waals surface area contributed by atoms with Gasteiger partial charge in [0.15, 0.2) is 0 Å². The minimum Gasteiger partial charge on any atom is -0.357 e. The highest BCUT2D eigenvalue weighted by Gasteiger charge is 2.06. The monoisotopic (exact) mass is 212 g/mol. The molecule has 2 aliphatic rings. The number of nitrogens with one attached hydrogen (secondary N) is 2. The number of allylic oxidation sites excluding steroid dienone is 10. The minimum absolute atomic E-state index is 1.09. The Balaban J connectivity index is 2.26. The fourth-order valence-corrected chi connectivity index (χ4v) is 1.61. The van der Waals surface area contributed by atoms with Gasteiger partial charge < -0.3 is 10.6 Å². The third-order valence-corrected chi connectivity index (χ3v) is 2.39. The Labute approximate surface area is 96.4 Å². The van der Waals surface area contributed by atoms with E-state index in [0.717, 1.165) is 22.8 Å². The van der Waals surface area contributed by atoms with Crippen LogP contribution < -0.4 is 10.6 Å². The molecule has 2 heteroatoms. The van der Waals surface area contributed by atoms with Crippen molar-refractivity contribution >= 4 is 0 Å². The van der Waals surface area contributed by atoms with Gasteiger partial charge in [-0.25, -0.2) is 0 Å². The van der Waals surface area contributed by atoms with Crippen molar-refractivity contribution in [1.29, 1.82) is 0 Å². The van der Waals surface area contributed by atoms with Crippen LogP contribution in [0.2, 0.25) is 0 Å². The maximum atomic E-state index is 3.36. The van der Waals surface area contributed by atoms with Crippen LogP contribution in [0.1, 0.15) is 13.8 Å².